The number of aromatic nitrogens is 2. The third-order valence-corrected chi connectivity index (χ3v) is 3.62. The van der Waals surface area contributed by atoms with E-state index in [0.717, 1.165) is 18.3 Å². The van der Waals surface area contributed by atoms with Gasteiger partial charge in [0.15, 0.2) is 0 Å². The van der Waals surface area contributed by atoms with Crippen LogP contribution in [-0.4, -0.2) is 15.6 Å². The van der Waals surface area contributed by atoms with Gasteiger partial charge >= 0.3 is 0 Å². The van der Waals surface area contributed by atoms with Crippen molar-refractivity contribution in [3.05, 3.63) is 17.2 Å². The standard InChI is InChI=1S/C11H18ClN3/c1-8-3-4-9(5-8)13-7-11-14-6-10(12)15(11)2/h6,8-9,13H,3-5,7H2,1-2H3. The Hall–Kier alpha value is -0.540. The molecule has 1 aromatic rings. The number of hydrogen-bond acceptors (Lipinski definition) is 2. The lowest BCUT2D eigenvalue weighted by molar-refractivity contribution is 0.489. The molecule has 15 heavy (non-hydrogen) atoms. The van der Waals surface area contributed by atoms with Gasteiger partial charge < -0.3 is 9.88 Å². The van der Waals surface area contributed by atoms with E-state index in [9.17, 15) is 0 Å². The summed E-state index contributed by atoms with van der Waals surface area (Å²) in [5, 5.41) is 4.24. The number of nitrogens with zero attached hydrogens (tertiary/aromatic N) is 2. The summed E-state index contributed by atoms with van der Waals surface area (Å²) in [6, 6.07) is 0.662. The molecule has 1 aliphatic carbocycles. The van der Waals surface area contributed by atoms with Crippen LogP contribution < -0.4 is 5.32 Å². The lowest BCUT2D eigenvalue weighted by Gasteiger charge is -2.11. The monoisotopic (exact) mass is 227 g/mol. The second-order valence-corrected chi connectivity index (χ2v) is 4.94. The van der Waals surface area contributed by atoms with Crippen molar-refractivity contribution in [3.8, 4) is 0 Å². The zero-order valence-electron chi connectivity index (χ0n) is 9.33. The van der Waals surface area contributed by atoms with Crippen LogP contribution in [0.1, 0.15) is 32.0 Å². The van der Waals surface area contributed by atoms with Crippen molar-refractivity contribution in [3.63, 3.8) is 0 Å². The van der Waals surface area contributed by atoms with Crippen LogP contribution >= 0.6 is 11.6 Å². The minimum Gasteiger partial charge on any atom is -0.321 e. The minimum atomic E-state index is 0.662. The van der Waals surface area contributed by atoms with E-state index in [1.165, 1.54) is 19.3 Å². The Balaban J connectivity index is 1.85. The van der Waals surface area contributed by atoms with Gasteiger partial charge in [-0.2, -0.15) is 0 Å². The molecule has 0 radical (unpaired) electrons. The molecule has 0 saturated heterocycles. The maximum atomic E-state index is 5.92. The van der Waals surface area contributed by atoms with E-state index in [-0.39, 0.29) is 0 Å². The molecule has 1 heterocycles. The maximum absolute atomic E-state index is 5.92. The Labute approximate surface area is 95.8 Å². The molecule has 0 aromatic carbocycles. The fraction of sp³-hybridized carbons (Fsp3) is 0.727. The topological polar surface area (TPSA) is 29.9 Å². The van der Waals surface area contributed by atoms with Crippen LogP contribution in [0.25, 0.3) is 0 Å². The lowest BCUT2D eigenvalue weighted by atomic mass is 10.1. The SMILES string of the molecule is CC1CCC(NCc2ncc(Cl)n2C)C1. The largest absolute Gasteiger partial charge is 0.321 e. The first-order chi connectivity index (χ1) is 7.16. The quantitative estimate of drug-likeness (QED) is 0.859. The third kappa shape index (κ3) is 2.52. The summed E-state index contributed by atoms with van der Waals surface area (Å²) in [6.07, 6.45) is 5.63. The average Bonchev–Trinajstić information content (AvgIpc) is 2.74. The van der Waals surface area contributed by atoms with Crippen LogP contribution in [0.2, 0.25) is 5.15 Å². The van der Waals surface area contributed by atoms with Gasteiger partial charge in [0.2, 0.25) is 0 Å². The van der Waals surface area contributed by atoms with Gasteiger partial charge in [-0.05, 0) is 25.2 Å². The molecule has 3 nitrogen and oxygen atoms in total. The van der Waals surface area contributed by atoms with Crippen LogP contribution in [0.4, 0.5) is 0 Å². The Kier molecular flexibility index (Phi) is 3.32. The summed E-state index contributed by atoms with van der Waals surface area (Å²) in [5.41, 5.74) is 0. The highest BCUT2D eigenvalue weighted by atomic mass is 35.5. The predicted octanol–water partition coefficient (Wildman–Crippen LogP) is 2.35. The average molecular weight is 228 g/mol. The van der Waals surface area contributed by atoms with Crippen LogP contribution in [0.5, 0.6) is 0 Å². The van der Waals surface area contributed by atoms with Gasteiger partial charge in [-0.3, -0.25) is 0 Å². The molecule has 1 fully saturated rings. The summed E-state index contributed by atoms with van der Waals surface area (Å²) in [5.74, 6) is 1.88. The number of halogens is 1. The van der Waals surface area contributed by atoms with Crippen molar-refractivity contribution in [2.75, 3.05) is 0 Å². The van der Waals surface area contributed by atoms with Crippen LogP contribution in [0.3, 0.4) is 0 Å². The molecule has 0 bridgehead atoms. The van der Waals surface area contributed by atoms with E-state index in [4.69, 9.17) is 11.6 Å². The number of imidazole rings is 1. The summed E-state index contributed by atoms with van der Waals surface area (Å²) in [4.78, 5) is 4.26. The molecule has 1 N–H and O–H groups in total. The van der Waals surface area contributed by atoms with Gasteiger partial charge in [0.05, 0.1) is 12.7 Å². The van der Waals surface area contributed by atoms with Crippen molar-refractivity contribution < 1.29 is 0 Å². The van der Waals surface area contributed by atoms with Gasteiger partial charge in [0.1, 0.15) is 11.0 Å². The van der Waals surface area contributed by atoms with Gasteiger partial charge in [-0.1, -0.05) is 18.5 Å². The fourth-order valence-corrected chi connectivity index (χ4v) is 2.36. The molecule has 0 amide bonds. The minimum absolute atomic E-state index is 0.662. The molecule has 1 aliphatic rings. The molecule has 2 atom stereocenters. The van der Waals surface area contributed by atoms with Gasteiger partial charge in [0.25, 0.3) is 0 Å². The molecule has 0 spiro atoms. The van der Waals surface area contributed by atoms with Gasteiger partial charge in [-0.25, -0.2) is 4.98 Å². The second kappa shape index (κ2) is 4.54. The molecule has 1 aromatic heterocycles. The van der Waals surface area contributed by atoms with Crippen LogP contribution in [0, 0.1) is 5.92 Å². The Morgan fingerprint density at radius 1 is 1.60 bits per heavy atom. The molecule has 84 valence electrons. The summed E-state index contributed by atoms with van der Waals surface area (Å²) < 4.78 is 1.92. The van der Waals surface area contributed by atoms with Gasteiger partial charge in [0, 0.05) is 13.1 Å². The van der Waals surface area contributed by atoms with E-state index in [1.54, 1.807) is 6.20 Å². The molecule has 0 aliphatic heterocycles. The molecule has 2 rings (SSSR count). The van der Waals surface area contributed by atoms with E-state index < -0.39 is 0 Å². The molecule has 4 heteroatoms. The molecule has 2 unspecified atom stereocenters. The van der Waals surface area contributed by atoms with Gasteiger partial charge in [-0.15, -0.1) is 0 Å². The number of hydrogen-bond donors (Lipinski definition) is 1. The van der Waals surface area contributed by atoms with Crippen molar-refractivity contribution in [1.29, 1.82) is 0 Å². The summed E-state index contributed by atoms with van der Waals surface area (Å²) in [7, 11) is 1.95. The van der Waals surface area contributed by atoms with Crippen molar-refractivity contribution in [1.82, 2.24) is 14.9 Å². The smallest absolute Gasteiger partial charge is 0.128 e. The number of rotatable bonds is 3. The lowest BCUT2D eigenvalue weighted by Crippen LogP contribution is -2.27. The van der Waals surface area contributed by atoms with E-state index >= 15 is 0 Å². The zero-order valence-corrected chi connectivity index (χ0v) is 10.1. The normalized spacial score (nSPS) is 26.1. The van der Waals surface area contributed by atoms with Crippen LogP contribution in [0.15, 0.2) is 6.20 Å². The van der Waals surface area contributed by atoms with E-state index in [2.05, 4.69) is 17.2 Å². The molecular weight excluding hydrogens is 210 g/mol. The Morgan fingerprint density at radius 3 is 2.93 bits per heavy atom. The van der Waals surface area contributed by atoms with Crippen molar-refractivity contribution >= 4 is 11.6 Å². The summed E-state index contributed by atoms with van der Waals surface area (Å²) in [6.45, 7) is 3.14. The highest BCUT2D eigenvalue weighted by Gasteiger charge is 2.20. The fourth-order valence-electron chi connectivity index (χ4n) is 2.22. The first-order valence-corrected chi connectivity index (χ1v) is 5.94. The first-order valence-electron chi connectivity index (χ1n) is 5.56. The highest BCUT2D eigenvalue weighted by molar-refractivity contribution is 6.29. The Morgan fingerprint density at radius 2 is 2.40 bits per heavy atom. The highest BCUT2D eigenvalue weighted by Crippen LogP contribution is 2.24. The van der Waals surface area contributed by atoms with E-state index in [1.807, 2.05) is 11.6 Å². The van der Waals surface area contributed by atoms with Crippen LogP contribution in [-0.2, 0) is 13.6 Å². The maximum Gasteiger partial charge on any atom is 0.128 e. The van der Waals surface area contributed by atoms with E-state index in [0.29, 0.717) is 11.2 Å². The summed E-state index contributed by atoms with van der Waals surface area (Å²) >= 11 is 5.92. The first kappa shape index (κ1) is 11.0. The number of nitrogens with one attached hydrogen (secondary N) is 1. The second-order valence-electron chi connectivity index (χ2n) is 4.55. The van der Waals surface area contributed by atoms with Crippen molar-refractivity contribution in [2.45, 2.75) is 38.8 Å². The van der Waals surface area contributed by atoms with Crippen molar-refractivity contribution in [2.24, 2.45) is 13.0 Å². The molecular formula is C11H18ClN3. The predicted molar refractivity (Wildman–Crippen MR) is 61.9 cm³/mol. The molecule has 1 saturated carbocycles. The zero-order chi connectivity index (χ0) is 10.8. The Bertz CT molecular complexity index is 335. The third-order valence-electron chi connectivity index (χ3n) is 3.27.